The van der Waals surface area contributed by atoms with Crippen molar-refractivity contribution in [2.24, 2.45) is 5.41 Å². The third kappa shape index (κ3) is 3.96. The summed E-state index contributed by atoms with van der Waals surface area (Å²) in [6.45, 7) is 2.23. The zero-order chi connectivity index (χ0) is 16.2. The number of pyridine rings is 1. The van der Waals surface area contributed by atoms with Crippen molar-refractivity contribution in [3.05, 3.63) is 23.9 Å². The molecule has 1 fully saturated rings. The average Bonchev–Trinajstić information content (AvgIpc) is 3.25. The highest BCUT2D eigenvalue weighted by molar-refractivity contribution is 5.88. The van der Waals surface area contributed by atoms with E-state index >= 15 is 0 Å². The highest BCUT2D eigenvalue weighted by Gasteiger charge is 2.50. The maximum Gasteiger partial charge on any atom is 0.323 e. The summed E-state index contributed by atoms with van der Waals surface area (Å²) in [5, 5.41) is 8.97. The highest BCUT2D eigenvalue weighted by Crippen LogP contribution is 2.51. The van der Waals surface area contributed by atoms with Gasteiger partial charge in [0.15, 0.2) is 0 Å². The molecule has 1 amide bonds. The Kier molecular flexibility index (Phi) is 5.00. The predicted molar refractivity (Wildman–Crippen MR) is 83.1 cm³/mol. The van der Waals surface area contributed by atoms with Crippen LogP contribution in [0.2, 0.25) is 0 Å². The monoisotopic (exact) mass is 305 g/mol. The van der Waals surface area contributed by atoms with Crippen LogP contribution >= 0.6 is 0 Å². The first kappa shape index (κ1) is 16.3. The van der Waals surface area contributed by atoms with Crippen LogP contribution in [0.15, 0.2) is 18.3 Å². The van der Waals surface area contributed by atoms with Gasteiger partial charge in [-0.2, -0.15) is 0 Å². The number of nitrogen functional groups attached to an aromatic ring is 1. The van der Waals surface area contributed by atoms with Gasteiger partial charge in [-0.15, -0.1) is 0 Å². The molecular weight excluding hydrogens is 282 g/mol. The molecule has 0 saturated heterocycles. The van der Waals surface area contributed by atoms with Gasteiger partial charge in [0.25, 0.3) is 0 Å². The Morgan fingerprint density at radius 1 is 1.45 bits per heavy atom. The second-order valence-corrected chi connectivity index (χ2v) is 5.99. The average molecular weight is 305 g/mol. The molecule has 1 heterocycles. The molecule has 1 aromatic heterocycles. The van der Waals surface area contributed by atoms with Gasteiger partial charge in [0.2, 0.25) is 5.91 Å². The predicted octanol–water partition coefficient (Wildman–Crippen LogP) is 1.70. The van der Waals surface area contributed by atoms with Gasteiger partial charge >= 0.3 is 5.97 Å². The van der Waals surface area contributed by atoms with E-state index in [2.05, 4.69) is 4.98 Å². The Labute approximate surface area is 130 Å². The first-order valence-electron chi connectivity index (χ1n) is 7.68. The molecular formula is C16H23N3O3. The first-order valence-corrected chi connectivity index (χ1v) is 7.68. The van der Waals surface area contributed by atoms with Crippen molar-refractivity contribution < 1.29 is 14.7 Å². The molecule has 1 aliphatic rings. The molecule has 6 nitrogen and oxygen atoms in total. The van der Waals surface area contributed by atoms with E-state index < -0.39 is 5.97 Å². The number of anilines is 1. The fourth-order valence-electron chi connectivity index (χ4n) is 2.78. The number of carboxylic acids is 1. The van der Waals surface area contributed by atoms with Crippen molar-refractivity contribution in [2.45, 2.75) is 39.0 Å². The van der Waals surface area contributed by atoms with Crippen molar-refractivity contribution in [2.75, 3.05) is 18.8 Å². The fourth-order valence-corrected chi connectivity index (χ4v) is 2.78. The van der Waals surface area contributed by atoms with Crippen LogP contribution in [0.5, 0.6) is 0 Å². The molecule has 120 valence electrons. The van der Waals surface area contributed by atoms with Gasteiger partial charge in [0.05, 0.1) is 0 Å². The minimum Gasteiger partial charge on any atom is -0.480 e. The van der Waals surface area contributed by atoms with E-state index in [1.165, 1.54) is 4.90 Å². The van der Waals surface area contributed by atoms with Crippen molar-refractivity contribution in [1.82, 2.24) is 9.88 Å². The zero-order valence-electron chi connectivity index (χ0n) is 12.9. The number of amides is 1. The standard InChI is InChI=1S/C16H23N3O3/c1-2-9-19(11-14(20)21)15(22)16(6-7-16)5-3-12-4-8-18-13(17)10-12/h4,8,10H,2-3,5-7,9,11H2,1H3,(H2,17,18)(H,20,21). The van der Waals surface area contributed by atoms with Crippen molar-refractivity contribution in [3.8, 4) is 0 Å². The number of nitrogens with zero attached hydrogens (tertiary/aromatic N) is 2. The third-order valence-corrected chi connectivity index (χ3v) is 4.15. The third-order valence-electron chi connectivity index (χ3n) is 4.15. The number of hydrogen-bond acceptors (Lipinski definition) is 4. The second-order valence-electron chi connectivity index (χ2n) is 5.99. The summed E-state index contributed by atoms with van der Waals surface area (Å²) in [5.74, 6) is -0.495. The normalized spacial score (nSPS) is 15.3. The summed E-state index contributed by atoms with van der Waals surface area (Å²) in [7, 11) is 0. The number of aromatic nitrogens is 1. The molecule has 3 N–H and O–H groups in total. The van der Waals surface area contributed by atoms with E-state index in [-0.39, 0.29) is 17.9 Å². The lowest BCUT2D eigenvalue weighted by Gasteiger charge is -2.25. The molecule has 0 spiro atoms. The summed E-state index contributed by atoms with van der Waals surface area (Å²) < 4.78 is 0. The Balaban J connectivity index is 1.99. The van der Waals surface area contributed by atoms with Crippen LogP contribution < -0.4 is 5.73 Å². The van der Waals surface area contributed by atoms with E-state index in [0.717, 1.165) is 37.7 Å². The lowest BCUT2D eigenvalue weighted by Crippen LogP contribution is -2.41. The molecule has 2 rings (SSSR count). The smallest absolute Gasteiger partial charge is 0.323 e. The maximum absolute atomic E-state index is 12.7. The summed E-state index contributed by atoms with van der Waals surface area (Å²) in [6.07, 6.45) is 5.59. The summed E-state index contributed by atoms with van der Waals surface area (Å²) in [4.78, 5) is 29.0. The zero-order valence-corrected chi connectivity index (χ0v) is 12.9. The van der Waals surface area contributed by atoms with Gasteiger partial charge in [0, 0.05) is 18.2 Å². The number of nitrogens with two attached hydrogens (primary N) is 1. The van der Waals surface area contributed by atoms with Crippen LogP contribution in [0.3, 0.4) is 0 Å². The molecule has 0 bridgehead atoms. The first-order chi connectivity index (χ1) is 10.5. The largest absolute Gasteiger partial charge is 0.480 e. The van der Waals surface area contributed by atoms with Gasteiger partial charge in [-0.3, -0.25) is 9.59 Å². The van der Waals surface area contributed by atoms with Crippen LogP contribution in [0, 0.1) is 5.41 Å². The Bertz CT molecular complexity index is 555. The lowest BCUT2D eigenvalue weighted by molar-refractivity contribution is -0.147. The summed E-state index contributed by atoms with van der Waals surface area (Å²) >= 11 is 0. The Morgan fingerprint density at radius 2 is 2.18 bits per heavy atom. The molecule has 1 aliphatic carbocycles. The van der Waals surface area contributed by atoms with Crippen LogP contribution in [0.1, 0.15) is 38.2 Å². The highest BCUT2D eigenvalue weighted by atomic mass is 16.4. The number of rotatable bonds is 8. The molecule has 6 heteroatoms. The van der Waals surface area contributed by atoms with E-state index in [1.54, 1.807) is 6.20 Å². The lowest BCUT2D eigenvalue weighted by atomic mass is 9.95. The summed E-state index contributed by atoms with van der Waals surface area (Å²) in [5.41, 5.74) is 6.35. The van der Waals surface area contributed by atoms with Gasteiger partial charge in [-0.05, 0) is 49.8 Å². The van der Waals surface area contributed by atoms with Crippen LogP contribution in [0.4, 0.5) is 5.82 Å². The maximum atomic E-state index is 12.7. The number of carbonyl (C=O) groups excluding carboxylic acids is 1. The number of hydrogen-bond donors (Lipinski definition) is 2. The molecule has 1 aromatic rings. The van der Waals surface area contributed by atoms with Crippen molar-refractivity contribution in [1.29, 1.82) is 0 Å². The molecule has 0 aromatic carbocycles. The summed E-state index contributed by atoms with van der Waals surface area (Å²) in [6, 6.07) is 3.72. The minimum atomic E-state index is -0.959. The topological polar surface area (TPSA) is 96.5 Å². The van der Waals surface area contributed by atoms with E-state index in [0.29, 0.717) is 12.4 Å². The van der Waals surface area contributed by atoms with Crippen LogP contribution in [-0.4, -0.2) is 40.0 Å². The molecule has 22 heavy (non-hydrogen) atoms. The molecule has 0 radical (unpaired) electrons. The molecule has 0 unspecified atom stereocenters. The number of carboxylic acid groups (broad SMARTS) is 1. The van der Waals surface area contributed by atoms with Crippen molar-refractivity contribution >= 4 is 17.7 Å². The Morgan fingerprint density at radius 3 is 2.73 bits per heavy atom. The molecule has 0 aliphatic heterocycles. The van der Waals surface area contributed by atoms with Gasteiger partial charge in [-0.1, -0.05) is 6.92 Å². The fraction of sp³-hybridized carbons (Fsp3) is 0.562. The van der Waals surface area contributed by atoms with Gasteiger partial charge in [-0.25, -0.2) is 4.98 Å². The molecule has 1 saturated carbocycles. The molecule has 0 atom stereocenters. The van der Waals surface area contributed by atoms with Crippen molar-refractivity contribution in [3.63, 3.8) is 0 Å². The van der Waals surface area contributed by atoms with E-state index in [1.807, 2.05) is 19.1 Å². The van der Waals surface area contributed by atoms with Crippen LogP contribution in [-0.2, 0) is 16.0 Å². The van der Waals surface area contributed by atoms with Gasteiger partial charge < -0.3 is 15.7 Å². The van der Waals surface area contributed by atoms with Crippen LogP contribution in [0.25, 0.3) is 0 Å². The van der Waals surface area contributed by atoms with Gasteiger partial charge in [0.1, 0.15) is 12.4 Å². The van der Waals surface area contributed by atoms with E-state index in [9.17, 15) is 9.59 Å². The quantitative estimate of drug-likeness (QED) is 0.762. The number of aryl methyl sites for hydroxylation is 1. The Hall–Kier alpha value is -2.11. The SMILES string of the molecule is CCCN(CC(=O)O)C(=O)C1(CCc2ccnc(N)c2)CC1. The number of carbonyl (C=O) groups is 2. The second kappa shape index (κ2) is 6.77. The number of aliphatic carboxylic acids is 1. The minimum absolute atomic E-state index is 0.0150. The van der Waals surface area contributed by atoms with E-state index in [4.69, 9.17) is 10.8 Å².